The number of nitrogens with one attached hydrogen (secondary N) is 1. The van der Waals surface area contributed by atoms with E-state index in [1.165, 1.54) is 96.5 Å². The number of hydrogen-bond donors (Lipinski definition) is 1. The van der Waals surface area contributed by atoms with Crippen LogP contribution in [0.2, 0.25) is 0 Å². The molecule has 142 valence electrons. The summed E-state index contributed by atoms with van der Waals surface area (Å²) in [6.45, 7) is 9.45. The number of rotatable bonds is 5. The van der Waals surface area contributed by atoms with Crippen LogP contribution in [0.1, 0.15) is 64.7 Å². The summed E-state index contributed by atoms with van der Waals surface area (Å²) < 4.78 is 0. The minimum atomic E-state index is 0.714. The van der Waals surface area contributed by atoms with Gasteiger partial charge in [0.25, 0.3) is 0 Å². The van der Waals surface area contributed by atoms with E-state index < -0.39 is 0 Å². The fourth-order valence-corrected chi connectivity index (χ4v) is 5.52. The molecule has 0 aromatic rings. The molecular formula is C21H38N4. The van der Waals surface area contributed by atoms with Gasteiger partial charge in [0.1, 0.15) is 0 Å². The first-order valence-electron chi connectivity index (χ1n) is 11.1. The highest BCUT2D eigenvalue weighted by molar-refractivity contribution is 5.81. The summed E-state index contributed by atoms with van der Waals surface area (Å²) in [5, 5.41) is 3.86. The largest absolute Gasteiger partial charge is 0.353 e. The van der Waals surface area contributed by atoms with Gasteiger partial charge in [-0.15, -0.1) is 0 Å². The molecule has 2 saturated carbocycles. The maximum absolute atomic E-state index is 4.85. The molecule has 0 amide bonds. The Labute approximate surface area is 154 Å². The smallest absolute Gasteiger partial charge is 0.194 e. The molecule has 3 atom stereocenters. The molecule has 0 radical (unpaired) electrons. The van der Waals surface area contributed by atoms with Crippen molar-refractivity contribution < 1.29 is 0 Å². The van der Waals surface area contributed by atoms with Gasteiger partial charge in [-0.1, -0.05) is 32.1 Å². The number of nitrogens with zero attached hydrogens (tertiary/aromatic N) is 3. The van der Waals surface area contributed by atoms with Crippen LogP contribution in [0.3, 0.4) is 0 Å². The van der Waals surface area contributed by atoms with Gasteiger partial charge in [-0.2, -0.15) is 0 Å². The highest BCUT2D eigenvalue weighted by Gasteiger charge is 2.44. The zero-order valence-corrected chi connectivity index (χ0v) is 16.3. The topological polar surface area (TPSA) is 30.9 Å². The zero-order valence-electron chi connectivity index (χ0n) is 16.3. The van der Waals surface area contributed by atoms with Gasteiger partial charge in [-0.25, -0.2) is 0 Å². The summed E-state index contributed by atoms with van der Waals surface area (Å²) in [5.41, 5.74) is 0. The van der Waals surface area contributed by atoms with Gasteiger partial charge < -0.3 is 15.1 Å². The minimum Gasteiger partial charge on any atom is -0.353 e. The quantitative estimate of drug-likeness (QED) is 0.612. The van der Waals surface area contributed by atoms with Gasteiger partial charge in [-0.3, -0.25) is 4.99 Å². The van der Waals surface area contributed by atoms with Crippen molar-refractivity contribution in [3.63, 3.8) is 0 Å². The summed E-state index contributed by atoms with van der Waals surface area (Å²) in [4.78, 5) is 10.1. The van der Waals surface area contributed by atoms with Crippen LogP contribution in [0, 0.1) is 17.8 Å². The molecule has 3 unspecified atom stereocenters. The van der Waals surface area contributed by atoms with E-state index in [1.54, 1.807) is 0 Å². The third-order valence-electron chi connectivity index (χ3n) is 7.02. The highest BCUT2D eigenvalue weighted by atomic mass is 15.3. The van der Waals surface area contributed by atoms with Crippen LogP contribution in [-0.2, 0) is 0 Å². The third kappa shape index (κ3) is 4.50. The fourth-order valence-electron chi connectivity index (χ4n) is 5.52. The lowest BCUT2D eigenvalue weighted by atomic mass is 9.85. The molecular weight excluding hydrogens is 308 g/mol. The number of likely N-dealkylation sites (tertiary alicyclic amines) is 2. The van der Waals surface area contributed by atoms with Crippen LogP contribution in [0.25, 0.3) is 0 Å². The van der Waals surface area contributed by atoms with Gasteiger partial charge in [-0.05, 0) is 63.5 Å². The maximum Gasteiger partial charge on any atom is 0.194 e. The van der Waals surface area contributed by atoms with Gasteiger partial charge in [0.05, 0.1) is 0 Å². The Hall–Kier alpha value is -0.770. The van der Waals surface area contributed by atoms with E-state index >= 15 is 0 Å². The first kappa shape index (κ1) is 17.6. The van der Waals surface area contributed by atoms with E-state index in [4.69, 9.17) is 4.99 Å². The first-order valence-corrected chi connectivity index (χ1v) is 11.1. The maximum atomic E-state index is 4.85. The number of guanidine groups is 1. The molecule has 4 aliphatic rings. The zero-order chi connectivity index (χ0) is 17.1. The standard InChI is InChI=1S/C21H38N4/c1-2-22-21(23-20-14-19(20)18-8-4-3-5-9-18)25-13-10-17(16-25)15-24-11-6-7-12-24/h17-20H,2-16H2,1H3,(H,22,23). The first-order chi connectivity index (χ1) is 12.3. The van der Waals surface area contributed by atoms with Crippen molar-refractivity contribution >= 4 is 5.96 Å². The molecule has 0 spiro atoms. The predicted molar refractivity (Wildman–Crippen MR) is 105 cm³/mol. The lowest BCUT2D eigenvalue weighted by Crippen LogP contribution is -2.42. The van der Waals surface area contributed by atoms with Crippen LogP contribution in [0.15, 0.2) is 4.99 Å². The van der Waals surface area contributed by atoms with Crippen LogP contribution in [0.5, 0.6) is 0 Å². The Kier molecular flexibility index (Phi) is 5.84. The molecule has 4 fully saturated rings. The van der Waals surface area contributed by atoms with E-state index in [-0.39, 0.29) is 0 Å². The van der Waals surface area contributed by atoms with Crippen LogP contribution in [0.4, 0.5) is 0 Å². The van der Waals surface area contributed by atoms with Gasteiger partial charge >= 0.3 is 0 Å². The molecule has 0 aromatic heterocycles. The second-order valence-corrected chi connectivity index (χ2v) is 8.95. The summed E-state index contributed by atoms with van der Waals surface area (Å²) in [6.07, 6.45) is 12.9. The molecule has 4 nitrogen and oxygen atoms in total. The summed E-state index contributed by atoms with van der Waals surface area (Å²) in [6, 6.07) is 0.714. The summed E-state index contributed by atoms with van der Waals surface area (Å²) >= 11 is 0. The van der Waals surface area contributed by atoms with Crippen LogP contribution in [-0.4, -0.2) is 61.1 Å². The van der Waals surface area contributed by atoms with E-state index in [9.17, 15) is 0 Å². The molecule has 2 aliphatic heterocycles. The highest BCUT2D eigenvalue weighted by Crippen LogP contribution is 2.44. The normalized spacial score (nSPS) is 34.7. The monoisotopic (exact) mass is 346 g/mol. The molecule has 1 N–H and O–H groups in total. The number of hydrogen-bond acceptors (Lipinski definition) is 2. The van der Waals surface area contributed by atoms with E-state index in [2.05, 4.69) is 22.0 Å². The second kappa shape index (κ2) is 8.28. The minimum absolute atomic E-state index is 0.714. The molecule has 4 heteroatoms. The average Bonchev–Trinajstić information content (AvgIpc) is 3.00. The van der Waals surface area contributed by atoms with Gasteiger partial charge in [0, 0.05) is 32.2 Å². The van der Waals surface area contributed by atoms with Crippen LogP contribution >= 0.6 is 0 Å². The van der Waals surface area contributed by atoms with Crippen molar-refractivity contribution in [2.45, 2.75) is 70.8 Å². The molecule has 4 rings (SSSR count). The van der Waals surface area contributed by atoms with Gasteiger partial charge in [0.15, 0.2) is 5.96 Å². The van der Waals surface area contributed by atoms with E-state index in [0.29, 0.717) is 6.04 Å². The Bertz CT molecular complexity index is 451. The molecule has 0 bridgehead atoms. The molecule has 25 heavy (non-hydrogen) atoms. The van der Waals surface area contributed by atoms with Crippen molar-refractivity contribution in [1.82, 2.24) is 15.1 Å². The lowest BCUT2D eigenvalue weighted by molar-refractivity contribution is 0.280. The van der Waals surface area contributed by atoms with Crippen LogP contribution < -0.4 is 5.32 Å². The van der Waals surface area contributed by atoms with Crippen molar-refractivity contribution in [2.24, 2.45) is 22.7 Å². The van der Waals surface area contributed by atoms with Crippen molar-refractivity contribution in [2.75, 3.05) is 39.3 Å². The van der Waals surface area contributed by atoms with Crippen molar-refractivity contribution in [3.8, 4) is 0 Å². The Morgan fingerprint density at radius 1 is 1.00 bits per heavy atom. The van der Waals surface area contributed by atoms with E-state index in [0.717, 1.165) is 24.3 Å². The Balaban J connectivity index is 1.26. The second-order valence-electron chi connectivity index (χ2n) is 8.95. The molecule has 2 saturated heterocycles. The predicted octanol–water partition coefficient (Wildman–Crippen LogP) is 3.34. The summed E-state index contributed by atoms with van der Waals surface area (Å²) in [5.74, 6) is 3.99. The SMILES string of the molecule is CCN=C(NC1CC1C1CCCCC1)N1CCC(CN2CCCC2)C1. The lowest BCUT2D eigenvalue weighted by Gasteiger charge is -2.25. The Morgan fingerprint density at radius 2 is 1.80 bits per heavy atom. The molecule has 2 heterocycles. The summed E-state index contributed by atoms with van der Waals surface area (Å²) in [7, 11) is 0. The fraction of sp³-hybridized carbons (Fsp3) is 0.952. The van der Waals surface area contributed by atoms with Crippen molar-refractivity contribution in [1.29, 1.82) is 0 Å². The number of aliphatic imine (C=N–C) groups is 1. The average molecular weight is 347 g/mol. The van der Waals surface area contributed by atoms with Crippen molar-refractivity contribution in [3.05, 3.63) is 0 Å². The third-order valence-corrected chi connectivity index (χ3v) is 7.02. The van der Waals surface area contributed by atoms with Gasteiger partial charge in [0.2, 0.25) is 0 Å². The molecule has 2 aliphatic carbocycles. The van der Waals surface area contributed by atoms with E-state index in [1.807, 2.05) is 0 Å². The Morgan fingerprint density at radius 3 is 2.56 bits per heavy atom. The molecule has 0 aromatic carbocycles.